The average Bonchev–Trinajstić information content (AvgIpc) is 2.85. The Morgan fingerprint density at radius 1 is 1.37 bits per heavy atom. The Labute approximate surface area is 111 Å². The number of hydrogen-bond acceptors (Lipinski definition) is 4. The lowest BCUT2D eigenvalue weighted by atomic mass is 10.1. The van der Waals surface area contributed by atoms with Gasteiger partial charge in [-0.15, -0.1) is 5.10 Å². The summed E-state index contributed by atoms with van der Waals surface area (Å²) in [5.41, 5.74) is 6.87. The van der Waals surface area contributed by atoms with E-state index >= 15 is 0 Å². The summed E-state index contributed by atoms with van der Waals surface area (Å²) < 4.78 is 14.9. The van der Waals surface area contributed by atoms with Gasteiger partial charge < -0.3 is 5.73 Å². The molecule has 0 aliphatic heterocycles. The van der Waals surface area contributed by atoms with Crippen LogP contribution >= 0.6 is 0 Å². The van der Waals surface area contributed by atoms with Gasteiger partial charge in [-0.05, 0) is 41.5 Å². The Kier molecular flexibility index (Phi) is 4.09. The third-order valence-electron chi connectivity index (χ3n) is 3.19. The summed E-state index contributed by atoms with van der Waals surface area (Å²) in [5.74, 6) is 0.235. The summed E-state index contributed by atoms with van der Waals surface area (Å²) in [4.78, 5) is 0. The fourth-order valence-electron chi connectivity index (χ4n) is 2.19. The molecule has 0 aliphatic carbocycles. The molecule has 1 unspecified atom stereocenters. The van der Waals surface area contributed by atoms with E-state index in [0.717, 1.165) is 19.3 Å². The molecule has 0 aliphatic rings. The highest BCUT2D eigenvalue weighted by Crippen LogP contribution is 2.28. The zero-order valence-corrected chi connectivity index (χ0v) is 11.2. The second-order valence-corrected chi connectivity index (χ2v) is 4.53. The maximum absolute atomic E-state index is 13.1. The van der Waals surface area contributed by atoms with E-state index in [9.17, 15) is 4.39 Å². The fraction of sp³-hybridized carbons (Fsp3) is 0.462. The van der Waals surface area contributed by atoms with Crippen molar-refractivity contribution in [3.63, 3.8) is 0 Å². The minimum atomic E-state index is -0.360. The van der Waals surface area contributed by atoms with Crippen molar-refractivity contribution in [2.75, 3.05) is 5.73 Å². The molecule has 1 aromatic heterocycles. The van der Waals surface area contributed by atoms with E-state index in [0.29, 0.717) is 17.1 Å². The predicted molar refractivity (Wildman–Crippen MR) is 71.9 cm³/mol. The highest BCUT2D eigenvalue weighted by atomic mass is 19.1. The van der Waals surface area contributed by atoms with Crippen LogP contribution in [-0.4, -0.2) is 20.2 Å². The maximum atomic E-state index is 13.1. The molecule has 1 atom stereocenters. The molecule has 1 aromatic carbocycles. The van der Waals surface area contributed by atoms with E-state index < -0.39 is 0 Å². The molecule has 0 spiro atoms. The van der Waals surface area contributed by atoms with Crippen molar-refractivity contribution in [3.05, 3.63) is 24.0 Å². The normalized spacial score (nSPS) is 12.6. The molecule has 2 rings (SSSR count). The minimum absolute atomic E-state index is 0.236. The number of hydrogen-bond donors (Lipinski definition) is 1. The lowest BCUT2D eigenvalue weighted by molar-refractivity contribution is 0.404. The molecule has 2 aromatic rings. The molecular weight excluding hydrogens is 245 g/mol. The molecule has 5 nitrogen and oxygen atoms in total. The van der Waals surface area contributed by atoms with Gasteiger partial charge in [-0.2, -0.15) is 0 Å². The molecule has 6 heteroatoms. The number of rotatable bonds is 5. The smallest absolute Gasteiger partial charge is 0.184 e. The molecular formula is C13H18FN5. The van der Waals surface area contributed by atoms with Gasteiger partial charge in [-0.25, -0.2) is 9.07 Å². The van der Waals surface area contributed by atoms with E-state index in [1.165, 1.54) is 12.1 Å². The van der Waals surface area contributed by atoms with Gasteiger partial charge in [0.05, 0.1) is 6.04 Å². The molecule has 19 heavy (non-hydrogen) atoms. The zero-order valence-electron chi connectivity index (χ0n) is 11.2. The van der Waals surface area contributed by atoms with Gasteiger partial charge in [-0.1, -0.05) is 20.3 Å². The summed E-state index contributed by atoms with van der Waals surface area (Å²) >= 11 is 0. The Morgan fingerprint density at radius 3 is 2.79 bits per heavy atom. The van der Waals surface area contributed by atoms with Gasteiger partial charge in [0.15, 0.2) is 5.82 Å². The first kappa shape index (κ1) is 13.5. The molecule has 1 heterocycles. The van der Waals surface area contributed by atoms with Crippen molar-refractivity contribution in [2.45, 2.75) is 39.2 Å². The number of nitrogens with two attached hydrogens (primary N) is 1. The van der Waals surface area contributed by atoms with Crippen LogP contribution in [0.25, 0.3) is 11.4 Å². The second kappa shape index (κ2) is 5.77. The summed E-state index contributed by atoms with van der Waals surface area (Å²) in [6.45, 7) is 4.22. The van der Waals surface area contributed by atoms with Crippen LogP contribution in [0.15, 0.2) is 18.2 Å². The first-order valence-electron chi connectivity index (χ1n) is 6.50. The number of aromatic nitrogens is 4. The lowest BCUT2D eigenvalue weighted by Crippen LogP contribution is -2.12. The lowest BCUT2D eigenvalue weighted by Gasteiger charge is -2.16. The minimum Gasteiger partial charge on any atom is -0.398 e. The van der Waals surface area contributed by atoms with Crippen LogP contribution in [0.4, 0.5) is 10.1 Å². The van der Waals surface area contributed by atoms with E-state index in [1.54, 1.807) is 10.7 Å². The Balaban J connectivity index is 2.43. The van der Waals surface area contributed by atoms with Crippen LogP contribution in [0.2, 0.25) is 0 Å². The number of benzene rings is 1. The van der Waals surface area contributed by atoms with Gasteiger partial charge in [0.2, 0.25) is 0 Å². The molecule has 2 N–H and O–H groups in total. The van der Waals surface area contributed by atoms with Crippen LogP contribution in [0.5, 0.6) is 0 Å². The molecule has 0 amide bonds. The fourth-order valence-corrected chi connectivity index (χ4v) is 2.19. The van der Waals surface area contributed by atoms with Gasteiger partial charge in [0.25, 0.3) is 0 Å². The van der Waals surface area contributed by atoms with E-state index in [2.05, 4.69) is 29.4 Å². The van der Waals surface area contributed by atoms with E-state index in [-0.39, 0.29) is 11.9 Å². The molecule has 0 bridgehead atoms. The third kappa shape index (κ3) is 2.72. The molecule has 0 saturated carbocycles. The van der Waals surface area contributed by atoms with E-state index in [4.69, 9.17) is 5.73 Å². The van der Waals surface area contributed by atoms with Crippen LogP contribution < -0.4 is 5.73 Å². The van der Waals surface area contributed by atoms with Gasteiger partial charge >= 0.3 is 0 Å². The van der Waals surface area contributed by atoms with Crippen molar-refractivity contribution in [1.29, 1.82) is 0 Å². The Bertz CT molecular complexity index is 552. The zero-order chi connectivity index (χ0) is 13.8. The van der Waals surface area contributed by atoms with Crippen molar-refractivity contribution < 1.29 is 4.39 Å². The number of nitrogens with zero attached hydrogens (tertiary/aromatic N) is 4. The monoisotopic (exact) mass is 263 g/mol. The summed E-state index contributed by atoms with van der Waals surface area (Å²) in [7, 11) is 0. The average molecular weight is 263 g/mol. The second-order valence-electron chi connectivity index (χ2n) is 4.53. The van der Waals surface area contributed by atoms with E-state index in [1.807, 2.05) is 0 Å². The molecule has 0 radical (unpaired) electrons. The quantitative estimate of drug-likeness (QED) is 0.842. The number of nitrogen functional groups attached to an aromatic ring is 1. The number of anilines is 1. The van der Waals surface area contributed by atoms with Gasteiger partial charge in [0, 0.05) is 11.3 Å². The highest BCUT2D eigenvalue weighted by Gasteiger charge is 2.18. The van der Waals surface area contributed by atoms with Crippen molar-refractivity contribution in [2.24, 2.45) is 0 Å². The van der Waals surface area contributed by atoms with Crippen molar-refractivity contribution in [3.8, 4) is 11.4 Å². The Morgan fingerprint density at radius 2 is 2.16 bits per heavy atom. The van der Waals surface area contributed by atoms with Crippen molar-refractivity contribution >= 4 is 5.69 Å². The van der Waals surface area contributed by atoms with Crippen LogP contribution in [0.1, 0.15) is 39.2 Å². The predicted octanol–water partition coefficient (Wildman–Crippen LogP) is 2.81. The first-order valence-corrected chi connectivity index (χ1v) is 6.50. The number of tetrazole rings is 1. The first-order chi connectivity index (χ1) is 9.17. The van der Waals surface area contributed by atoms with Crippen LogP contribution in [0.3, 0.4) is 0 Å². The Hall–Kier alpha value is -1.98. The van der Waals surface area contributed by atoms with Crippen molar-refractivity contribution in [1.82, 2.24) is 20.2 Å². The summed E-state index contributed by atoms with van der Waals surface area (Å²) in [6, 6.07) is 4.51. The van der Waals surface area contributed by atoms with Crippen LogP contribution in [0, 0.1) is 5.82 Å². The summed E-state index contributed by atoms with van der Waals surface area (Å²) in [5, 5.41) is 11.8. The molecule has 102 valence electrons. The SMILES string of the molecule is CCCC(CC)n1nnnc1-c1ccc(F)cc1N. The van der Waals surface area contributed by atoms with Gasteiger partial charge in [0.1, 0.15) is 5.82 Å². The van der Waals surface area contributed by atoms with Crippen LogP contribution in [-0.2, 0) is 0 Å². The topological polar surface area (TPSA) is 69.6 Å². The maximum Gasteiger partial charge on any atom is 0.184 e. The molecule has 0 fully saturated rings. The highest BCUT2D eigenvalue weighted by molar-refractivity contribution is 5.71. The molecule has 0 saturated heterocycles. The van der Waals surface area contributed by atoms with Gasteiger partial charge in [-0.3, -0.25) is 0 Å². The third-order valence-corrected chi connectivity index (χ3v) is 3.19. The largest absolute Gasteiger partial charge is 0.398 e. The number of halogens is 1. The standard InChI is InChI=1S/C13H18FN5/c1-3-5-10(4-2)19-13(16-17-18-19)11-7-6-9(14)8-12(11)15/h6-8,10H,3-5,15H2,1-2H3. The summed E-state index contributed by atoms with van der Waals surface area (Å²) in [6.07, 6.45) is 2.99.